The molecule has 0 spiro atoms. The number of nitrogens with one attached hydrogen (secondary N) is 2. The fourth-order valence-electron chi connectivity index (χ4n) is 2.26. The Balaban J connectivity index is 1.91. The zero-order chi connectivity index (χ0) is 18.4. The summed E-state index contributed by atoms with van der Waals surface area (Å²) in [6.45, 7) is 6.17. The van der Waals surface area contributed by atoms with Crippen LogP contribution in [0.15, 0.2) is 48.5 Å². The molecule has 0 atom stereocenters. The Bertz CT molecular complexity index is 812. The summed E-state index contributed by atoms with van der Waals surface area (Å²) >= 11 is 0. The molecule has 0 aliphatic carbocycles. The van der Waals surface area contributed by atoms with Gasteiger partial charge in [0.2, 0.25) is 5.91 Å². The van der Waals surface area contributed by atoms with Gasteiger partial charge in [-0.15, -0.1) is 0 Å². The maximum absolute atomic E-state index is 12.1. The van der Waals surface area contributed by atoms with Gasteiger partial charge in [-0.3, -0.25) is 9.59 Å². The van der Waals surface area contributed by atoms with Crippen molar-refractivity contribution in [3.63, 3.8) is 0 Å². The van der Waals surface area contributed by atoms with Crippen LogP contribution in [-0.2, 0) is 10.2 Å². The van der Waals surface area contributed by atoms with E-state index in [2.05, 4.69) is 31.4 Å². The highest BCUT2D eigenvalue weighted by atomic mass is 16.2. The van der Waals surface area contributed by atoms with E-state index in [-0.39, 0.29) is 23.8 Å². The van der Waals surface area contributed by atoms with Crippen molar-refractivity contribution >= 4 is 17.5 Å². The highest BCUT2D eigenvalue weighted by molar-refractivity contribution is 5.99. The second kappa shape index (κ2) is 7.63. The monoisotopic (exact) mass is 335 g/mol. The van der Waals surface area contributed by atoms with E-state index in [0.717, 1.165) is 5.56 Å². The summed E-state index contributed by atoms with van der Waals surface area (Å²) in [5.41, 5.74) is 2.65. The van der Waals surface area contributed by atoms with Gasteiger partial charge in [-0.1, -0.05) is 39.0 Å². The Morgan fingerprint density at radius 1 is 1.08 bits per heavy atom. The number of carbonyl (C=O) groups excluding carboxylic acids is 2. The van der Waals surface area contributed by atoms with Gasteiger partial charge in [0, 0.05) is 11.3 Å². The maximum Gasteiger partial charge on any atom is 0.251 e. The van der Waals surface area contributed by atoms with Crippen molar-refractivity contribution in [1.29, 1.82) is 5.26 Å². The van der Waals surface area contributed by atoms with E-state index in [9.17, 15) is 9.59 Å². The lowest BCUT2D eigenvalue weighted by molar-refractivity contribution is -0.115. The lowest BCUT2D eigenvalue weighted by atomic mass is 9.87. The highest BCUT2D eigenvalue weighted by Gasteiger charge is 2.14. The fourth-order valence-corrected chi connectivity index (χ4v) is 2.26. The normalized spacial score (nSPS) is 10.6. The molecule has 2 N–H and O–H groups in total. The van der Waals surface area contributed by atoms with Crippen LogP contribution in [0.4, 0.5) is 5.69 Å². The van der Waals surface area contributed by atoms with Gasteiger partial charge in [0.05, 0.1) is 18.2 Å². The van der Waals surface area contributed by atoms with Crippen LogP contribution in [0.5, 0.6) is 0 Å². The van der Waals surface area contributed by atoms with Crippen molar-refractivity contribution in [2.24, 2.45) is 0 Å². The van der Waals surface area contributed by atoms with E-state index in [1.54, 1.807) is 36.4 Å². The highest BCUT2D eigenvalue weighted by Crippen LogP contribution is 2.22. The predicted octanol–water partition coefficient (Wildman–Crippen LogP) is 3.22. The number of hydrogen-bond donors (Lipinski definition) is 2. The number of nitrogens with zero attached hydrogens (tertiary/aromatic N) is 1. The smallest absolute Gasteiger partial charge is 0.251 e. The second-order valence-electron chi connectivity index (χ2n) is 6.75. The van der Waals surface area contributed by atoms with E-state index in [1.165, 1.54) is 0 Å². The van der Waals surface area contributed by atoms with Crippen molar-refractivity contribution < 1.29 is 9.59 Å². The number of nitriles is 1. The molecule has 0 fully saturated rings. The first-order valence-electron chi connectivity index (χ1n) is 7.98. The van der Waals surface area contributed by atoms with Crippen LogP contribution in [0.3, 0.4) is 0 Å². The van der Waals surface area contributed by atoms with E-state index in [0.29, 0.717) is 16.8 Å². The SMILES string of the molecule is CC(C)(C)c1ccc(C(=O)NCC(=O)Nc2cccc(C#N)c2)cc1. The fraction of sp³-hybridized carbons (Fsp3) is 0.250. The molecule has 2 rings (SSSR count). The van der Waals surface area contributed by atoms with Crippen molar-refractivity contribution in [2.75, 3.05) is 11.9 Å². The first kappa shape index (κ1) is 18.2. The molecule has 5 heteroatoms. The summed E-state index contributed by atoms with van der Waals surface area (Å²) < 4.78 is 0. The van der Waals surface area contributed by atoms with Crippen LogP contribution in [0.1, 0.15) is 42.3 Å². The Morgan fingerprint density at radius 2 is 1.76 bits per heavy atom. The van der Waals surface area contributed by atoms with Crippen LogP contribution < -0.4 is 10.6 Å². The van der Waals surface area contributed by atoms with Crippen molar-refractivity contribution in [3.8, 4) is 6.07 Å². The van der Waals surface area contributed by atoms with Crippen LogP contribution in [0.2, 0.25) is 0 Å². The van der Waals surface area contributed by atoms with Crippen molar-refractivity contribution in [3.05, 3.63) is 65.2 Å². The number of rotatable bonds is 4. The van der Waals surface area contributed by atoms with Crippen molar-refractivity contribution in [2.45, 2.75) is 26.2 Å². The lowest BCUT2D eigenvalue weighted by Crippen LogP contribution is -2.32. The lowest BCUT2D eigenvalue weighted by Gasteiger charge is -2.19. The third kappa shape index (κ3) is 5.18. The molecule has 0 saturated heterocycles. The molecular weight excluding hydrogens is 314 g/mol. The number of anilines is 1. The molecule has 25 heavy (non-hydrogen) atoms. The molecule has 2 aromatic carbocycles. The molecule has 0 saturated carbocycles. The largest absolute Gasteiger partial charge is 0.343 e. The number of carbonyl (C=O) groups is 2. The number of benzene rings is 2. The van der Waals surface area contributed by atoms with Gasteiger partial charge in [0.1, 0.15) is 0 Å². The molecule has 2 amide bonds. The summed E-state index contributed by atoms with van der Waals surface area (Å²) in [4.78, 5) is 24.1. The van der Waals surface area contributed by atoms with Gasteiger partial charge in [0.15, 0.2) is 0 Å². The minimum atomic E-state index is -0.352. The van der Waals surface area contributed by atoms with E-state index >= 15 is 0 Å². The molecule has 0 bridgehead atoms. The number of amides is 2. The van der Waals surface area contributed by atoms with E-state index in [4.69, 9.17) is 5.26 Å². The molecule has 0 heterocycles. The third-order valence-electron chi connectivity index (χ3n) is 3.70. The van der Waals surface area contributed by atoms with Gasteiger partial charge in [-0.05, 0) is 41.3 Å². The Hall–Kier alpha value is -3.13. The average molecular weight is 335 g/mol. The summed E-state index contributed by atoms with van der Waals surface area (Å²) in [6, 6.07) is 15.9. The van der Waals surface area contributed by atoms with Gasteiger partial charge in [-0.2, -0.15) is 5.26 Å². The predicted molar refractivity (Wildman–Crippen MR) is 97.3 cm³/mol. The van der Waals surface area contributed by atoms with Crippen LogP contribution in [-0.4, -0.2) is 18.4 Å². The zero-order valence-corrected chi connectivity index (χ0v) is 14.6. The van der Waals surface area contributed by atoms with E-state index < -0.39 is 0 Å². The molecule has 0 aliphatic rings. The molecule has 128 valence electrons. The molecule has 2 aromatic rings. The van der Waals surface area contributed by atoms with Crippen LogP contribution >= 0.6 is 0 Å². The quantitative estimate of drug-likeness (QED) is 0.900. The van der Waals surface area contributed by atoms with Crippen LogP contribution in [0, 0.1) is 11.3 Å². The summed E-state index contributed by atoms with van der Waals surface area (Å²) in [5, 5.41) is 14.1. The third-order valence-corrected chi connectivity index (χ3v) is 3.70. The molecule has 0 radical (unpaired) electrons. The molecule has 0 unspecified atom stereocenters. The van der Waals surface area contributed by atoms with E-state index in [1.807, 2.05) is 18.2 Å². The van der Waals surface area contributed by atoms with Gasteiger partial charge < -0.3 is 10.6 Å². The Morgan fingerprint density at radius 3 is 2.36 bits per heavy atom. The summed E-state index contributed by atoms with van der Waals surface area (Å²) in [5.74, 6) is -0.656. The first-order valence-corrected chi connectivity index (χ1v) is 7.98. The van der Waals surface area contributed by atoms with Gasteiger partial charge in [-0.25, -0.2) is 0 Å². The summed E-state index contributed by atoms with van der Waals surface area (Å²) in [7, 11) is 0. The molecule has 0 aromatic heterocycles. The molecular formula is C20H21N3O2. The topological polar surface area (TPSA) is 82.0 Å². The van der Waals surface area contributed by atoms with Crippen molar-refractivity contribution in [1.82, 2.24) is 5.32 Å². The van der Waals surface area contributed by atoms with Crippen LogP contribution in [0.25, 0.3) is 0 Å². The second-order valence-corrected chi connectivity index (χ2v) is 6.75. The Labute approximate surface area is 147 Å². The minimum Gasteiger partial charge on any atom is -0.343 e. The van der Waals surface area contributed by atoms with Gasteiger partial charge in [0.25, 0.3) is 5.91 Å². The maximum atomic E-state index is 12.1. The standard InChI is InChI=1S/C20H21N3O2/c1-20(2,3)16-9-7-15(8-10-16)19(25)22-13-18(24)23-17-6-4-5-14(11-17)12-21/h4-11H,13H2,1-3H3,(H,22,25)(H,23,24). The first-order chi connectivity index (χ1) is 11.8. The Kier molecular flexibility index (Phi) is 5.56. The average Bonchev–Trinajstić information content (AvgIpc) is 2.59. The minimum absolute atomic E-state index is 0.0207. The summed E-state index contributed by atoms with van der Waals surface area (Å²) in [6.07, 6.45) is 0. The number of hydrogen-bond acceptors (Lipinski definition) is 3. The van der Waals surface area contributed by atoms with Gasteiger partial charge >= 0.3 is 0 Å². The molecule has 0 aliphatic heterocycles. The zero-order valence-electron chi connectivity index (χ0n) is 14.6. The molecule has 5 nitrogen and oxygen atoms in total.